The summed E-state index contributed by atoms with van der Waals surface area (Å²) in [6.07, 6.45) is 63.7. The summed E-state index contributed by atoms with van der Waals surface area (Å²) in [5, 5.41) is 10.7. The van der Waals surface area contributed by atoms with Crippen LogP contribution in [0.2, 0.25) is 0 Å². The first-order chi connectivity index (χ1) is 49.8. The smallest absolute Gasteiger partial charge is 0.462 e. The van der Waals surface area contributed by atoms with E-state index in [1.807, 2.05) is 0 Å². The lowest BCUT2D eigenvalue weighted by Crippen LogP contribution is -2.30. The van der Waals surface area contributed by atoms with Crippen LogP contribution in [0.4, 0.5) is 0 Å². The van der Waals surface area contributed by atoms with Gasteiger partial charge in [0.25, 0.3) is 0 Å². The van der Waals surface area contributed by atoms with Crippen molar-refractivity contribution in [2.75, 3.05) is 39.6 Å². The molecule has 0 spiro atoms. The predicted molar refractivity (Wildman–Crippen MR) is 423 cm³/mol. The van der Waals surface area contributed by atoms with Crippen molar-refractivity contribution in [1.82, 2.24) is 0 Å². The molecule has 0 aromatic rings. The summed E-state index contributed by atoms with van der Waals surface area (Å²) < 4.78 is 68.9. The highest BCUT2D eigenvalue weighted by Gasteiger charge is 2.30. The number of aliphatic hydroxyl groups is 1. The molecule has 0 aliphatic heterocycles. The zero-order chi connectivity index (χ0) is 75.8. The van der Waals surface area contributed by atoms with Gasteiger partial charge in [-0.05, 0) is 43.4 Å². The van der Waals surface area contributed by atoms with Gasteiger partial charge in [-0.3, -0.25) is 37.3 Å². The third kappa shape index (κ3) is 76.6. The first-order valence-corrected chi connectivity index (χ1v) is 46.4. The Bertz CT molecular complexity index is 1990. The van der Waals surface area contributed by atoms with Crippen LogP contribution in [0, 0.1) is 17.8 Å². The monoisotopic (exact) mass is 1510 g/mol. The van der Waals surface area contributed by atoms with Gasteiger partial charge in [0.1, 0.15) is 19.3 Å². The van der Waals surface area contributed by atoms with E-state index < -0.39 is 97.5 Å². The van der Waals surface area contributed by atoms with Gasteiger partial charge in [0.05, 0.1) is 26.4 Å². The van der Waals surface area contributed by atoms with Crippen LogP contribution in [0.15, 0.2) is 0 Å². The van der Waals surface area contributed by atoms with Gasteiger partial charge in [0, 0.05) is 25.7 Å². The Balaban J connectivity index is 5.27. The van der Waals surface area contributed by atoms with Gasteiger partial charge in [-0.1, -0.05) is 389 Å². The molecular formula is C84H164O17P2. The van der Waals surface area contributed by atoms with E-state index in [-0.39, 0.29) is 25.7 Å². The number of esters is 4. The molecule has 0 amide bonds. The Morgan fingerprint density at radius 2 is 0.495 bits per heavy atom. The SMILES string of the molecule is CCCCCCCCCCCCCCCCCCCCCC(=O)O[C@H](COC(=O)CCCCCCCCCCCCCCCCC(C)C)COP(=O)(O)OC[C@@H](O)COP(=O)(O)OC[C@@H](COC(=O)CCCCCCCCCCCCC(C)C)OC(=O)CCCCCCCCCCCCC(C)CC. The van der Waals surface area contributed by atoms with Crippen molar-refractivity contribution < 1.29 is 80.2 Å². The molecule has 0 aliphatic carbocycles. The Labute approximate surface area is 632 Å². The molecular weight excluding hydrogens is 1340 g/mol. The average Bonchev–Trinajstić information content (AvgIpc) is 0.988. The molecule has 19 heteroatoms. The van der Waals surface area contributed by atoms with Crippen LogP contribution in [-0.2, 0) is 65.4 Å². The number of hydrogen-bond donors (Lipinski definition) is 3. The van der Waals surface area contributed by atoms with Crippen molar-refractivity contribution in [3.63, 3.8) is 0 Å². The first kappa shape index (κ1) is 101. The van der Waals surface area contributed by atoms with Gasteiger partial charge in [-0.15, -0.1) is 0 Å². The molecule has 3 N–H and O–H groups in total. The van der Waals surface area contributed by atoms with Crippen molar-refractivity contribution >= 4 is 39.5 Å². The Morgan fingerprint density at radius 1 is 0.282 bits per heavy atom. The Kier molecular flexibility index (Phi) is 72.8. The molecule has 612 valence electrons. The maximum Gasteiger partial charge on any atom is 0.472 e. The zero-order valence-electron chi connectivity index (χ0n) is 67.8. The molecule has 0 fully saturated rings. The lowest BCUT2D eigenvalue weighted by molar-refractivity contribution is -0.161. The summed E-state index contributed by atoms with van der Waals surface area (Å²) in [5.74, 6) is 0.254. The second-order valence-electron chi connectivity index (χ2n) is 31.4. The van der Waals surface area contributed by atoms with Crippen molar-refractivity contribution in [3.05, 3.63) is 0 Å². The fourth-order valence-electron chi connectivity index (χ4n) is 13.0. The summed E-state index contributed by atoms with van der Waals surface area (Å²) in [6.45, 7) is 12.0. The van der Waals surface area contributed by atoms with Crippen LogP contribution in [0.5, 0.6) is 0 Å². The van der Waals surface area contributed by atoms with E-state index in [1.54, 1.807) is 0 Å². The zero-order valence-corrected chi connectivity index (χ0v) is 69.6. The normalized spacial score (nSPS) is 14.2. The summed E-state index contributed by atoms with van der Waals surface area (Å²) >= 11 is 0. The predicted octanol–water partition coefficient (Wildman–Crippen LogP) is 25.3. The standard InChI is InChI=1S/C84H164O17P2/c1-8-10-11-12-13-14-15-16-17-18-19-20-21-26-29-39-46-53-60-67-83(88)100-79(71-94-81(86)65-58-51-44-37-28-25-23-22-24-27-34-41-48-55-62-75(3)4)73-98-102(90,91)96-69-78(85)70-97-103(92,93)99-74-80(72-95-82(87)66-59-52-45-38-32-30-35-42-49-56-63-76(5)6)101-84(89)68-61-54-47-40-33-31-36-43-50-57-64-77(7)9-2/h75-80,85H,8-74H2,1-7H3,(H,90,91)(H,92,93)/t77?,78-,79-,80-/m1/s1. The minimum atomic E-state index is -4.97. The van der Waals surface area contributed by atoms with Crippen LogP contribution in [-0.4, -0.2) is 96.7 Å². The van der Waals surface area contributed by atoms with E-state index in [0.29, 0.717) is 25.7 Å². The molecule has 0 saturated carbocycles. The molecule has 3 unspecified atom stereocenters. The number of ether oxygens (including phenoxy) is 4. The first-order valence-electron chi connectivity index (χ1n) is 43.4. The molecule has 0 aromatic heterocycles. The van der Waals surface area contributed by atoms with Gasteiger partial charge in [-0.25, -0.2) is 9.13 Å². The minimum absolute atomic E-state index is 0.106. The summed E-state index contributed by atoms with van der Waals surface area (Å²) in [7, 11) is -9.93. The van der Waals surface area contributed by atoms with Gasteiger partial charge in [-0.2, -0.15) is 0 Å². The lowest BCUT2D eigenvalue weighted by Gasteiger charge is -2.21. The van der Waals surface area contributed by atoms with Crippen molar-refractivity contribution in [2.24, 2.45) is 17.8 Å². The summed E-state index contributed by atoms with van der Waals surface area (Å²) in [5.41, 5.74) is 0. The third-order valence-corrected chi connectivity index (χ3v) is 21.9. The fraction of sp³-hybridized carbons (Fsp3) is 0.952. The average molecular weight is 1510 g/mol. The third-order valence-electron chi connectivity index (χ3n) is 20.0. The van der Waals surface area contributed by atoms with E-state index in [9.17, 15) is 43.2 Å². The molecule has 6 atom stereocenters. The van der Waals surface area contributed by atoms with Crippen LogP contribution in [0.3, 0.4) is 0 Å². The molecule has 0 aliphatic rings. The largest absolute Gasteiger partial charge is 0.472 e. The quantitative estimate of drug-likeness (QED) is 0.0222. The number of rotatable bonds is 82. The molecule has 17 nitrogen and oxygen atoms in total. The molecule has 0 saturated heterocycles. The molecule has 0 bridgehead atoms. The number of aliphatic hydroxyl groups excluding tert-OH is 1. The number of carbonyl (C=O) groups is 4. The summed E-state index contributed by atoms with van der Waals surface area (Å²) in [6, 6.07) is 0. The molecule has 0 radical (unpaired) electrons. The van der Waals surface area contributed by atoms with Gasteiger partial charge in [0.2, 0.25) is 0 Å². The summed E-state index contributed by atoms with van der Waals surface area (Å²) in [4.78, 5) is 73.2. The molecule has 0 aromatic carbocycles. The fourth-order valence-corrected chi connectivity index (χ4v) is 14.6. The number of unbranched alkanes of at least 4 members (excludes halogenated alkanes) is 49. The van der Waals surface area contributed by atoms with Gasteiger partial charge < -0.3 is 33.8 Å². The van der Waals surface area contributed by atoms with E-state index in [4.69, 9.17) is 37.0 Å². The second-order valence-corrected chi connectivity index (χ2v) is 34.3. The molecule has 103 heavy (non-hydrogen) atoms. The lowest BCUT2D eigenvalue weighted by atomic mass is 9.99. The van der Waals surface area contributed by atoms with Crippen molar-refractivity contribution in [2.45, 2.75) is 458 Å². The number of carbonyl (C=O) groups excluding carboxylic acids is 4. The molecule has 0 heterocycles. The Hall–Kier alpha value is -1.94. The van der Waals surface area contributed by atoms with E-state index in [2.05, 4.69) is 48.5 Å². The Morgan fingerprint density at radius 3 is 0.738 bits per heavy atom. The highest BCUT2D eigenvalue weighted by Crippen LogP contribution is 2.45. The van der Waals surface area contributed by atoms with Crippen molar-refractivity contribution in [1.29, 1.82) is 0 Å². The number of hydrogen-bond acceptors (Lipinski definition) is 15. The number of phosphoric ester groups is 2. The maximum absolute atomic E-state index is 13.1. The van der Waals surface area contributed by atoms with Crippen molar-refractivity contribution in [3.8, 4) is 0 Å². The van der Waals surface area contributed by atoms with Crippen LogP contribution in [0.25, 0.3) is 0 Å². The highest BCUT2D eigenvalue weighted by atomic mass is 31.2. The van der Waals surface area contributed by atoms with Crippen LogP contribution < -0.4 is 0 Å². The topological polar surface area (TPSA) is 237 Å². The van der Waals surface area contributed by atoms with E-state index in [0.717, 1.165) is 108 Å². The second kappa shape index (κ2) is 74.2. The van der Waals surface area contributed by atoms with Gasteiger partial charge >= 0.3 is 39.5 Å². The number of phosphoric acid groups is 2. The highest BCUT2D eigenvalue weighted by molar-refractivity contribution is 7.47. The van der Waals surface area contributed by atoms with Crippen LogP contribution in [0.1, 0.15) is 440 Å². The minimum Gasteiger partial charge on any atom is -0.462 e. The molecule has 0 rings (SSSR count). The van der Waals surface area contributed by atoms with E-state index >= 15 is 0 Å². The van der Waals surface area contributed by atoms with E-state index in [1.165, 1.54) is 250 Å². The van der Waals surface area contributed by atoms with Gasteiger partial charge in [0.15, 0.2) is 12.2 Å². The maximum atomic E-state index is 13.1. The van der Waals surface area contributed by atoms with Crippen LogP contribution >= 0.6 is 15.6 Å².